The van der Waals surface area contributed by atoms with Gasteiger partial charge in [-0.15, -0.1) is 0 Å². The maximum atomic E-state index is 5.33. The van der Waals surface area contributed by atoms with Crippen LogP contribution in [0.4, 0.5) is 0 Å². The average molecular weight is 222 g/mol. The number of morpholine rings is 1. The van der Waals surface area contributed by atoms with E-state index in [-0.39, 0.29) is 0 Å². The predicted molar refractivity (Wildman–Crippen MR) is 66.3 cm³/mol. The fourth-order valence-electron chi connectivity index (χ4n) is 2.10. The van der Waals surface area contributed by atoms with Crippen LogP contribution in [-0.2, 0) is 4.74 Å². The summed E-state index contributed by atoms with van der Waals surface area (Å²) in [4.78, 5) is 2.48. The maximum Gasteiger partial charge on any atom is 0.0594 e. The SMILES string of the molecule is C1=CC(NCCCN2CCOCC2)=CCC1. The third-order valence-electron chi connectivity index (χ3n) is 3.08. The van der Waals surface area contributed by atoms with Gasteiger partial charge in [0.1, 0.15) is 0 Å². The molecule has 16 heavy (non-hydrogen) atoms. The molecule has 1 saturated heterocycles. The molecular weight excluding hydrogens is 200 g/mol. The lowest BCUT2D eigenvalue weighted by Gasteiger charge is -2.26. The molecule has 0 aromatic carbocycles. The summed E-state index contributed by atoms with van der Waals surface area (Å²) < 4.78 is 5.33. The minimum Gasteiger partial charge on any atom is -0.385 e. The Morgan fingerprint density at radius 1 is 1.25 bits per heavy atom. The Morgan fingerprint density at radius 3 is 2.88 bits per heavy atom. The van der Waals surface area contributed by atoms with E-state index in [0.717, 1.165) is 32.8 Å². The first-order valence-corrected chi connectivity index (χ1v) is 6.36. The van der Waals surface area contributed by atoms with E-state index in [1.807, 2.05) is 0 Å². The quantitative estimate of drug-likeness (QED) is 0.714. The van der Waals surface area contributed by atoms with Crippen molar-refractivity contribution in [1.29, 1.82) is 0 Å². The first kappa shape index (κ1) is 11.7. The van der Waals surface area contributed by atoms with Crippen LogP contribution in [0.15, 0.2) is 23.9 Å². The monoisotopic (exact) mass is 222 g/mol. The minimum atomic E-state index is 0.904. The number of allylic oxidation sites excluding steroid dienone is 3. The molecule has 2 aliphatic rings. The van der Waals surface area contributed by atoms with Gasteiger partial charge in [0.2, 0.25) is 0 Å². The predicted octanol–water partition coefficient (Wildman–Crippen LogP) is 1.53. The second-order valence-corrected chi connectivity index (χ2v) is 4.37. The molecule has 0 atom stereocenters. The molecule has 0 aromatic rings. The Kier molecular flexibility index (Phi) is 4.90. The smallest absolute Gasteiger partial charge is 0.0594 e. The van der Waals surface area contributed by atoms with E-state index >= 15 is 0 Å². The van der Waals surface area contributed by atoms with Crippen molar-refractivity contribution >= 4 is 0 Å². The molecule has 1 aliphatic heterocycles. The van der Waals surface area contributed by atoms with Crippen LogP contribution in [0.5, 0.6) is 0 Å². The zero-order valence-electron chi connectivity index (χ0n) is 9.95. The summed E-state index contributed by atoms with van der Waals surface area (Å²) in [5.74, 6) is 0. The van der Waals surface area contributed by atoms with E-state index in [4.69, 9.17) is 4.74 Å². The highest BCUT2D eigenvalue weighted by atomic mass is 16.5. The first-order valence-electron chi connectivity index (χ1n) is 6.36. The van der Waals surface area contributed by atoms with Crippen molar-refractivity contribution in [3.63, 3.8) is 0 Å². The molecule has 0 amide bonds. The molecule has 3 nitrogen and oxygen atoms in total. The van der Waals surface area contributed by atoms with Gasteiger partial charge >= 0.3 is 0 Å². The molecule has 0 unspecified atom stereocenters. The molecule has 0 bridgehead atoms. The van der Waals surface area contributed by atoms with Crippen molar-refractivity contribution in [1.82, 2.24) is 10.2 Å². The van der Waals surface area contributed by atoms with Crippen molar-refractivity contribution in [2.75, 3.05) is 39.4 Å². The van der Waals surface area contributed by atoms with E-state index in [1.54, 1.807) is 0 Å². The van der Waals surface area contributed by atoms with Gasteiger partial charge in [0, 0.05) is 25.3 Å². The minimum absolute atomic E-state index is 0.904. The molecule has 1 N–H and O–H groups in total. The van der Waals surface area contributed by atoms with E-state index in [0.29, 0.717) is 0 Å². The standard InChI is InChI=1S/C13H22N2O/c1-2-5-13(6-3-1)14-7-4-8-15-9-11-16-12-10-15/h2,5-6,14H,1,3-4,7-12H2. The summed E-state index contributed by atoms with van der Waals surface area (Å²) in [5.41, 5.74) is 1.30. The van der Waals surface area contributed by atoms with Crippen LogP contribution in [0, 0.1) is 0 Å². The van der Waals surface area contributed by atoms with Crippen LogP contribution in [0.1, 0.15) is 19.3 Å². The van der Waals surface area contributed by atoms with Gasteiger partial charge in [0.25, 0.3) is 0 Å². The summed E-state index contributed by atoms with van der Waals surface area (Å²) >= 11 is 0. The largest absolute Gasteiger partial charge is 0.385 e. The number of ether oxygens (including phenoxy) is 1. The summed E-state index contributed by atoms with van der Waals surface area (Å²) in [6, 6.07) is 0. The highest BCUT2D eigenvalue weighted by Crippen LogP contribution is 2.06. The van der Waals surface area contributed by atoms with E-state index < -0.39 is 0 Å². The molecule has 0 aromatic heterocycles. The van der Waals surface area contributed by atoms with Crippen molar-refractivity contribution in [2.45, 2.75) is 19.3 Å². The van der Waals surface area contributed by atoms with Gasteiger partial charge in [-0.1, -0.05) is 12.2 Å². The van der Waals surface area contributed by atoms with Crippen molar-refractivity contribution in [2.24, 2.45) is 0 Å². The maximum absolute atomic E-state index is 5.33. The molecule has 90 valence electrons. The Balaban J connectivity index is 1.54. The Hall–Kier alpha value is -0.800. The van der Waals surface area contributed by atoms with Gasteiger partial charge in [0.05, 0.1) is 13.2 Å². The lowest BCUT2D eigenvalue weighted by atomic mass is 10.1. The second-order valence-electron chi connectivity index (χ2n) is 4.37. The van der Waals surface area contributed by atoms with Gasteiger partial charge in [-0.3, -0.25) is 4.90 Å². The number of nitrogens with one attached hydrogen (secondary N) is 1. The molecule has 3 heteroatoms. The van der Waals surface area contributed by atoms with Crippen LogP contribution in [0.3, 0.4) is 0 Å². The van der Waals surface area contributed by atoms with Crippen LogP contribution in [0.25, 0.3) is 0 Å². The van der Waals surface area contributed by atoms with Gasteiger partial charge < -0.3 is 10.1 Å². The van der Waals surface area contributed by atoms with E-state index in [9.17, 15) is 0 Å². The zero-order chi connectivity index (χ0) is 11.1. The van der Waals surface area contributed by atoms with Crippen molar-refractivity contribution in [3.8, 4) is 0 Å². The fourth-order valence-corrected chi connectivity index (χ4v) is 2.10. The van der Waals surface area contributed by atoms with Crippen LogP contribution >= 0.6 is 0 Å². The first-order chi connectivity index (χ1) is 7.95. The highest BCUT2D eigenvalue weighted by molar-refractivity contribution is 5.20. The van der Waals surface area contributed by atoms with Gasteiger partial charge in [-0.2, -0.15) is 0 Å². The summed E-state index contributed by atoms with van der Waals surface area (Å²) in [7, 11) is 0. The van der Waals surface area contributed by atoms with Gasteiger partial charge in [-0.05, 0) is 31.9 Å². The van der Waals surface area contributed by atoms with Crippen LogP contribution in [-0.4, -0.2) is 44.3 Å². The van der Waals surface area contributed by atoms with E-state index in [1.165, 1.54) is 31.5 Å². The van der Waals surface area contributed by atoms with Gasteiger partial charge in [0.15, 0.2) is 0 Å². The summed E-state index contributed by atoms with van der Waals surface area (Å²) in [6.07, 6.45) is 10.3. The third-order valence-corrected chi connectivity index (χ3v) is 3.08. The number of nitrogens with zero attached hydrogens (tertiary/aromatic N) is 1. The molecule has 0 saturated carbocycles. The lowest BCUT2D eigenvalue weighted by molar-refractivity contribution is 0.0375. The topological polar surface area (TPSA) is 24.5 Å². The lowest BCUT2D eigenvalue weighted by Crippen LogP contribution is -2.37. The molecule has 0 radical (unpaired) electrons. The number of hydrogen-bond acceptors (Lipinski definition) is 3. The molecule has 0 spiro atoms. The van der Waals surface area contributed by atoms with Crippen LogP contribution in [0.2, 0.25) is 0 Å². The van der Waals surface area contributed by atoms with E-state index in [2.05, 4.69) is 28.4 Å². The normalized spacial score (nSPS) is 21.9. The zero-order valence-corrected chi connectivity index (χ0v) is 9.95. The molecular formula is C13H22N2O. The summed E-state index contributed by atoms with van der Waals surface area (Å²) in [6.45, 7) is 6.27. The number of rotatable bonds is 5. The second kappa shape index (κ2) is 6.71. The Labute approximate surface area is 98.2 Å². The van der Waals surface area contributed by atoms with Gasteiger partial charge in [-0.25, -0.2) is 0 Å². The average Bonchev–Trinajstić information content (AvgIpc) is 2.37. The highest BCUT2D eigenvalue weighted by Gasteiger charge is 2.08. The summed E-state index contributed by atoms with van der Waals surface area (Å²) in [5, 5.41) is 3.48. The number of hydrogen-bond donors (Lipinski definition) is 1. The molecule has 1 aliphatic carbocycles. The molecule has 2 rings (SSSR count). The van der Waals surface area contributed by atoms with Crippen molar-refractivity contribution in [3.05, 3.63) is 23.9 Å². The Morgan fingerprint density at radius 2 is 2.12 bits per heavy atom. The third kappa shape index (κ3) is 3.99. The molecule has 1 heterocycles. The Bertz CT molecular complexity index is 255. The molecule has 1 fully saturated rings. The van der Waals surface area contributed by atoms with Crippen LogP contribution < -0.4 is 5.32 Å². The fraction of sp³-hybridized carbons (Fsp3) is 0.692. The van der Waals surface area contributed by atoms with Crippen molar-refractivity contribution < 1.29 is 4.74 Å².